The molecule has 0 aliphatic heterocycles. The number of rotatable bonds is 9. The van der Waals surface area contributed by atoms with E-state index in [4.69, 9.17) is 15.2 Å². The maximum absolute atomic E-state index is 13.4. The number of aromatic nitrogens is 2. The van der Waals surface area contributed by atoms with E-state index in [0.29, 0.717) is 17.4 Å². The quantitative estimate of drug-likeness (QED) is 0.418. The lowest BCUT2D eigenvalue weighted by Gasteiger charge is -2.17. The molecule has 1 amide bonds. The van der Waals surface area contributed by atoms with Crippen molar-refractivity contribution in [2.24, 2.45) is 10.7 Å². The monoisotopic (exact) mass is 524 g/mol. The summed E-state index contributed by atoms with van der Waals surface area (Å²) in [4.78, 5) is 33.5. The molecule has 8 nitrogen and oxygen atoms in total. The molecule has 0 spiro atoms. The second-order valence-electron chi connectivity index (χ2n) is 8.21. The van der Waals surface area contributed by atoms with Gasteiger partial charge in [0.15, 0.2) is 4.80 Å². The number of aryl methyl sites for hydroxylation is 1. The summed E-state index contributed by atoms with van der Waals surface area (Å²) < 4.78 is 53.6. The molecule has 2 heterocycles. The lowest BCUT2D eigenvalue weighted by molar-refractivity contribution is -0.150. The van der Waals surface area contributed by atoms with Gasteiger partial charge in [-0.05, 0) is 44.5 Å². The molecule has 36 heavy (non-hydrogen) atoms. The van der Waals surface area contributed by atoms with Crippen molar-refractivity contribution in [2.75, 3.05) is 6.61 Å². The van der Waals surface area contributed by atoms with E-state index < -0.39 is 35.8 Å². The summed E-state index contributed by atoms with van der Waals surface area (Å²) in [6.45, 7) is 5.39. The molecule has 194 valence electrons. The van der Waals surface area contributed by atoms with Gasteiger partial charge in [0, 0.05) is 12.7 Å². The Bertz CT molecular complexity index is 1300. The zero-order valence-corrected chi connectivity index (χ0v) is 20.9. The average Bonchev–Trinajstić information content (AvgIpc) is 3.17. The molecule has 3 rings (SSSR count). The number of fused-ring (bicyclic) bond motifs is 1. The molecule has 0 saturated heterocycles. The summed E-state index contributed by atoms with van der Waals surface area (Å²) >= 11 is 1.24. The lowest BCUT2D eigenvalue weighted by Crippen LogP contribution is -2.33. The third-order valence-electron chi connectivity index (χ3n) is 5.12. The van der Waals surface area contributed by atoms with Crippen molar-refractivity contribution in [2.45, 2.75) is 58.5 Å². The number of ether oxygens (including phenoxy) is 2. The highest BCUT2D eigenvalue weighted by atomic mass is 32.1. The zero-order valence-electron chi connectivity index (χ0n) is 20.0. The first-order valence-electron chi connectivity index (χ1n) is 11.3. The second-order valence-corrected chi connectivity index (χ2v) is 9.22. The van der Waals surface area contributed by atoms with E-state index in [9.17, 15) is 22.8 Å². The molecule has 0 fully saturated rings. The van der Waals surface area contributed by atoms with Crippen LogP contribution in [0.3, 0.4) is 0 Å². The smallest absolute Gasteiger partial charge is 0.416 e. The fraction of sp³-hybridized carbons (Fsp3) is 0.417. The van der Waals surface area contributed by atoms with E-state index in [0.717, 1.165) is 35.2 Å². The summed E-state index contributed by atoms with van der Waals surface area (Å²) in [6.07, 6.45) is -0.427. The Labute approximate surface area is 209 Å². The van der Waals surface area contributed by atoms with Crippen molar-refractivity contribution in [3.05, 3.63) is 52.6 Å². The molecule has 2 atom stereocenters. The highest BCUT2D eigenvalue weighted by Crippen LogP contribution is 2.33. The van der Waals surface area contributed by atoms with Gasteiger partial charge in [-0.1, -0.05) is 24.7 Å². The maximum atomic E-state index is 13.4. The number of amides is 1. The van der Waals surface area contributed by atoms with Crippen molar-refractivity contribution in [3.63, 3.8) is 0 Å². The number of benzene rings is 1. The number of carbonyl (C=O) groups is 2. The largest absolute Gasteiger partial charge is 0.489 e. The fourth-order valence-electron chi connectivity index (χ4n) is 3.23. The lowest BCUT2D eigenvalue weighted by atomic mass is 10.1. The summed E-state index contributed by atoms with van der Waals surface area (Å²) in [7, 11) is 0. The minimum atomic E-state index is -4.67. The van der Waals surface area contributed by atoms with E-state index in [1.165, 1.54) is 25.2 Å². The third kappa shape index (κ3) is 6.70. The molecule has 0 aliphatic carbocycles. The topological polar surface area (TPSA) is 109 Å². The minimum absolute atomic E-state index is 0.108. The zero-order chi connectivity index (χ0) is 26.5. The molecular weight excluding hydrogens is 497 g/mol. The Morgan fingerprint density at radius 3 is 2.67 bits per heavy atom. The Hall–Kier alpha value is -3.25. The normalized spacial score (nSPS) is 14.0. The first-order chi connectivity index (χ1) is 17.0. The molecule has 2 N–H and O–H groups in total. The van der Waals surface area contributed by atoms with Crippen LogP contribution in [0.1, 0.15) is 49.5 Å². The van der Waals surface area contributed by atoms with Gasteiger partial charge >= 0.3 is 12.1 Å². The molecule has 0 aliphatic rings. The highest BCUT2D eigenvalue weighted by molar-refractivity contribution is 7.16. The van der Waals surface area contributed by atoms with Crippen LogP contribution < -0.4 is 15.3 Å². The molecule has 0 unspecified atom stereocenters. The number of carbonyl (C=O) groups excluding carboxylic acids is 2. The maximum Gasteiger partial charge on any atom is 0.416 e. The van der Waals surface area contributed by atoms with Gasteiger partial charge in [0.1, 0.15) is 24.5 Å². The summed E-state index contributed by atoms with van der Waals surface area (Å²) in [5, 5.41) is 0. The fourth-order valence-corrected chi connectivity index (χ4v) is 4.25. The molecule has 0 radical (unpaired) electrons. The van der Waals surface area contributed by atoms with E-state index in [2.05, 4.69) is 9.98 Å². The van der Waals surface area contributed by atoms with E-state index in [-0.39, 0.29) is 17.9 Å². The standard InChI is InChI=1S/C24H27F3N4O4S/c1-4-5-10-31-18-12-29-9-8-20(18)36-23(31)30-21(32)17-11-16(24(25,26)27)6-7-19(17)34-13-14(2)35-22(33)15(3)28/h6-9,11-12,14-15H,4-5,10,13,28H2,1-3H3/t14-,15+/m0/s1. The van der Waals surface area contributed by atoms with E-state index >= 15 is 0 Å². The van der Waals surface area contributed by atoms with Crippen molar-refractivity contribution >= 4 is 33.4 Å². The molecular formula is C24H27F3N4O4S. The number of unbranched alkanes of at least 4 members (excludes halogenated alkanes) is 1. The summed E-state index contributed by atoms with van der Waals surface area (Å²) in [5.74, 6) is -1.65. The van der Waals surface area contributed by atoms with Crippen LogP contribution in [-0.4, -0.2) is 40.2 Å². The number of halogens is 3. The van der Waals surface area contributed by atoms with Crippen LogP contribution in [0.25, 0.3) is 10.2 Å². The third-order valence-corrected chi connectivity index (χ3v) is 6.18. The molecule has 0 saturated carbocycles. The van der Waals surface area contributed by atoms with Crippen LogP contribution in [0.2, 0.25) is 0 Å². The number of nitrogens with zero attached hydrogens (tertiary/aromatic N) is 3. The van der Waals surface area contributed by atoms with Gasteiger partial charge in [-0.25, -0.2) is 0 Å². The molecule has 2 aromatic heterocycles. The van der Waals surface area contributed by atoms with Crippen molar-refractivity contribution < 1.29 is 32.2 Å². The van der Waals surface area contributed by atoms with Crippen molar-refractivity contribution in [1.29, 1.82) is 0 Å². The van der Waals surface area contributed by atoms with Crippen LogP contribution >= 0.6 is 11.3 Å². The predicted molar refractivity (Wildman–Crippen MR) is 129 cm³/mol. The van der Waals surface area contributed by atoms with E-state index in [1.54, 1.807) is 18.5 Å². The van der Waals surface area contributed by atoms with Crippen LogP contribution in [0.5, 0.6) is 5.75 Å². The summed E-state index contributed by atoms with van der Waals surface area (Å²) in [5.41, 5.74) is 4.89. The number of pyridine rings is 1. The Morgan fingerprint density at radius 1 is 1.25 bits per heavy atom. The SMILES string of the molecule is CCCCn1c(=NC(=O)c2cc(C(F)(F)F)ccc2OC[C@H](C)OC(=O)[C@@H](C)N)sc2ccncc21. The van der Waals surface area contributed by atoms with Gasteiger partial charge in [-0.15, -0.1) is 0 Å². The van der Waals surface area contributed by atoms with Crippen molar-refractivity contribution in [1.82, 2.24) is 9.55 Å². The van der Waals surface area contributed by atoms with Gasteiger partial charge < -0.3 is 19.8 Å². The van der Waals surface area contributed by atoms with E-state index in [1.807, 2.05) is 11.5 Å². The average molecular weight is 525 g/mol. The van der Waals surface area contributed by atoms with Gasteiger partial charge in [0.05, 0.1) is 27.5 Å². The predicted octanol–water partition coefficient (Wildman–Crippen LogP) is 4.32. The van der Waals surface area contributed by atoms with Crippen LogP contribution in [0.15, 0.2) is 41.7 Å². The number of nitrogens with two attached hydrogens (primary N) is 1. The first-order valence-corrected chi connectivity index (χ1v) is 12.2. The van der Waals surface area contributed by atoms with Crippen molar-refractivity contribution in [3.8, 4) is 5.75 Å². The Morgan fingerprint density at radius 2 is 2.00 bits per heavy atom. The first kappa shape index (κ1) is 27.3. The molecule has 3 aromatic rings. The summed E-state index contributed by atoms with van der Waals surface area (Å²) in [6, 6.07) is 3.54. The van der Waals surface area contributed by atoms with Crippen LogP contribution in [0.4, 0.5) is 13.2 Å². The second kappa shape index (κ2) is 11.7. The van der Waals surface area contributed by atoms with Gasteiger partial charge in [0.2, 0.25) is 0 Å². The number of thiazole rings is 1. The molecule has 1 aromatic carbocycles. The highest BCUT2D eigenvalue weighted by Gasteiger charge is 2.32. The van der Waals surface area contributed by atoms with Crippen LogP contribution in [0, 0.1) is 0 Å². The number of esters is 1. The minimum Gasteiger partial charge on any atom is -0.489 e. The number of hydrogen-bond acceptors (Lipinski definition) is 7. The number of hydrogen-bond donors (Lipinski definition) is 1. The van der Waals surface area contributed by atoms with Gasteiger partial charge in [0.25, 0.3) is 5.91 Å². The number of alkyl halides is 3. The van der Waals surface area contributed by atoms with Crippen LogP contribution in [-0.2, 0) is 22.3 Å². The Kier molecular flexibility index (Phi) is 8.85. The Balaban J connectivity index is 1.99. The molecule has 0 bridgehead atoms. The molecule has 12 heteroatoms. The van der Waals surface area contributed by atoms with Gasteiger partial charge in [-0.2, -0.15) is 18.2 Å². The van der Waals surface area contributed by atoms with Gasteiger partial charge in [-0.3, -0.25) is 14.6 Å².